The normalized spacial score (nSPS) is 18.2. The summed E-state index contributed by atoms with van der Waals surface area (Å²) in [6, 6.07) is 10.3. The van der Waals surface area contributed by atoms with E-state index in [9.17, 15) is 4.79 Å². The highest BCUT2D eigenvalue weighted by Gasteiger charge is 2.35. The van der Waals surface area contributed by atoms with E-state index in [1.807, 2.05) is 18.2 Å². The molecule has 0 heterocycles. The Morgan fingerprint density at radius 3 is 2.47 bits per heavy atom. The number of carbonyl (C=O) groups is 1. The minimum atomic E-state index is -0.489. The van der Waals surface area contributed by atoms with Crippen molar-refractivity contribution >= 4 is 5.78 Å². The van der Waals surface area contributed by atoms with Crippen LogP contribution < -0.4 is 5.73 Å². The minimum Gasteiger partial charge on any atom is -0.319 e. The SMILES string of the molecule is NC1(C(=O)CCCc2ccccc2)CCCC1. The topological polar surface area (TPSA) is 43.1 Å². The molecular formula is C15H21NO. The van der Waals surface area contributed by atoms with Crippen LogP contribution in [-0.4, -0.2) is 11.3 Å². The Morgan fingerprint density at radius 1 is 1.18 bits per heavy atom. The standard InChI is InChI=1S/C15H21NO/c16-15(11-4-5-12-15)14(17)10-6-9-13-7-2-1-3-8-13/h1-3,7-8H,4-6,9-12,16H2. The predicted molar refractivity (Wildman–Crippen MR) is 69.8 cm³/mol. The van der Waals surface area contributed by atoms with E-state index in [1.54, 1.807) is 0 Å². The molecule has 0 saturated heterocycles. The first-order valence-electron chi connectivity index (χ1n) is 6.57. The highest BCUT2D eigenvalue weighted by Crippen LogP contribution is 2.29. The molecule has 0 bridgehead atoms. The highest BCUT2D eigenvalue weighted by atomic mass is 16.1. The molecule has 0 unspecified atom stereocenters. The van der Waals surface area contributed by atoms with Crippen LogP contribution in [0.25, 0.3) is 0 Å². The van der Waals surface area contributed by atoms with Crippen molar-refractivity contribution < 1.29 is 4.79 Å². The van der Waals surface area contributed by atoms with Crippen molar-refractivity contribution in [3.05, 3.63) is 35.9 Å². The zero-order valence-corrected chi connectivity index (χ0v) is 10.3. The van der Waals surface area contributed by atoms with Crippen LogP contribution in [0.4, 0.5) is 0 Å². The van der Waals surface area contributed by atoms with E-state index in [2.05, 4.69) is 12.1 Å². The summed E-state index contributed by atoms with van der Waals surface area (Å²) in [5.41, 5.74) is 6.95. The van der Waals surface area contributed by atoms with Gasteiger partial charge in [-0.2, -0.15) is 0 Å². The molecule has 0 spiro atoms. The lowest BCUT2D eigenvalue weighted by Gasteiger charge is -2.21. The Hall–Kier alpha value is -1.15. The van der Waals surface area contributed by atoms with Gasteiger partial charge in [-0.25, -0.2) is 0 Å². The van der Waals surface area contributed by atoms with Crippen molar-refractivity contribution in [2.24, 2.45) is 5.73 Å². The van der Waals surface area contributed by atoms with E-state index in [4.69, 9.17) is 5.73 Å². The third-order valence-corrected chi connectivity index (χ3v) is 3.76. The second-order valence-corrected chi connectivity index (χ2v) is 5.13. The average Bonchev–Trinajstić information content (AvgIpc) is 2.79. The van der Waals surface area contributed by atoms with Gasteiger partial charge in [0, 0.05) is 6.42 Å². The summed E-state index contributed by atoms with van der Waals surface area (Å²) in [6.45, 7) is 0. The lowest BCUT2D eigenvalue weighted by molar-refractivity contribution is -0.124. The van der Waals surface area contributed by atoms with Crippen LogP contribution in [0, 0.1) is 0 Å². The summed E-state index contributed by atoms with van der Waals surface area (Å²) in [5, 5.41) is 0. The number of hydrogen-bond donors (Lipinski definition) is 1. The van der Waals surface area contributed by atoms with Crippen molar-refractivity contribution in [2.45, 2.75) is 50.5 Å². The first-order chi connectivity index (χ1) is 8.21. The molecule has 0 amide bonds. The van der Waals surface area contributed by atoms with Gasteiger partial charge in [-0.3, -0.25) is 4.79 Å². The van der Waals surface area contributed by atoms with Crippen LogP contribution in [-0.2, 0) is 11.2 Å². The summed E-state index contributed by atoms with van der Waals surface area (Å²) in [7, 11) is 0. The lowest BCUT2D eigenvalue weighted by Crippen LogP contribution is -2.45. The summed E-state index contributed by atoms with van der Waals surface area (Å²) >= 11 is 0. The maximum Gasteiger partial charge on any atom is 0.152 e. The lowest BCUT2D eigenvalue weighted by atomic mass is 9.90. The van der Waals surface area contributed by atoms with E-state index in [-0.39, 0.29) is 5.78 Å². The van der Waals surface area contributed by atoms with Gasteiger partial charge >= 0.3 is 0 Å². The summed E-state index contributed by atoms with van der Waals surface area (Å²) in [5.74, 6) is 0.269. The van der Waals surface area contributed by atoms with E-state index in [0.29, 0.717) is 6.42 Å². The van der Waals surface area contributed by atoms with Gasteiger partial charge in [0.1, 0.15) is 0 Å². The first kappa shape index (κ1) is 12.3. The van der Waals surface area contributed by atoms with Gasteiger partial charge in [0.25, 0.3) is 0 Å². The number of Topliss-reactive ketones (excluding diaryl/α,β-unsaturated/α-hetero) is 1. The zero-order chi connectivity index (χ0) is 12.1. The van der Waals surface area contributed by atoms with Crippen LogP contribution in [0.15, 0.2) is 30.3 Å². The molecule has 2 nitrogen and oxygen atoms in total. The Bertz CT molecular complexity index is 366. The fourth-order valence-electron chi connectivity index (χ4n) is 2.63. The molecule has 0 aliphatic heterocycles. The molecule has 1 fully saturated rings. The number of aryl methyl sites for hydroxylation is 1. The number of nitrogens with two attached hydrogens (primary N) is 1. The van der Waals surface area contributed by atoms with Crippen LogP contribution in [0.2, 0.25) is 0 Å². The van der Waals surface area contributed by atoms with Crippen molar-refractivity contribution in [3.8, 4) is 0 Å². The maximum absolute atomic E-state index is 12.0. The Morgan fingerprint density at radius 2 is 1.82 bits per heavy atom. The molecule has 0 atom stereocenters. The number of benzene rings is 1. The second-order valence-electron chi connectivity index (χ2n) is 5.13. The largest absolute Gasteiger partial charge is 0.319 e. The Balaban J connectivity index is 1.77. The van der Waals surface area contributed by atoms with Gasteiger partial charge in [-0.15, -0.1) is 0 Å². The maximum atomic E-state index is 12.0. The average molecular weight is 231 g/mol. The van der Waals surface area contributed by atoms with Crippen molar-refractivity contribution in [2.75, 3.05) is 0 Å². The van der Waals surface area contributed by atoms with Crippen LogP contribution in [0.3, 0.4) is 0 Å². The zero-order valence-electron chi connectivity index (χ0n) is 10.3. The van der Waals surface area contributed by atoms with Crippen molar-refractivity contribution in [1.82, 2.24) is 0 Å². The van der Waals surface area contributed by atoms with Gasteiger partial charge in [-0.05, 0) is 31.2 Å². The minimum absolute atomic E-state index is 0.269. The molecule has 1 aliphatic rings. The van der Waals surface area contributed by atoms with Gasteiger partial charge in [0.2, 0.25) is 0 Å². The van der Waals surface area contributed by atoms with Crippen molar-refractivity contribution in [3.63, 3.8) is 0 Å². The van der Waals surface area contributed by atoms with Gasteiger partial charge in [0.15, 0.2) is 5.78 Å². The third-order valence-electron chi connectivity index (χ3n) is 3.76. The fraction of sp³-hybridized carbons (Fsp3) is 0.533. The second kappa shape index (κ2) is 5.46. The smallest absolute Gasteiger partial charge is 0.152 e. The molecule has 2 heteroatoms. The third kappa shape index (κ3) is 3.16. The Kier molecular flexibility index (Phi) is 3.95. The van der Waals surface area contributed by atoms with Gasteiger partial charge in [0.05, 0.1) is 5.54 Å². The molecule has 1 aromatic carbocycles. The summed E-state index contributed by atoms with van der Waals surface area (Å²) in [4.78, 5) is 12.0. The molecule has 92 valence electrons. The monoisotopic (exact) mass is 231 g/mol. The predicted octanol–water partition coefficient (Wildman–Crippen LogP) is 2.85. The molecule has 2 N–H and O–H groups in total. The van der Waals surface area contributed by atoms with E-state index < -0.39 is 5.54 Å². The highest BCUT2D eigenvalue weighted by molar-refractivity contribution is 5.88. The van der Waals surface area contributed by atoms with E-state index >= 15 is 0 Å². The quantitative estimate of drug-likeness (QED) is 0.846. The molecule has 0 aromatic heterocycles. The van der Waals surface area contributed by atoms with Gasteiger partial charge in [-0.1, -0.05) is 43.2 Å². The summed E-state index contributed by atoms with van der Waals surface area (Å²) in [6.07, 6.45) is 6.52. The fourth-order valence-corrected chi connectivity index (χ4v) is 2.63. The molecule has 1 aromatic rings. The van der Waals surface area contributed by atoms with Crippen LogP contribution >= 0.6 is 0 Å². The molecule has 2 rings (SSSR count). The molecule has 1 saturated carbocycles. The number of carbonyl (C=O) groups excluding carboxylic acids is 1. The molecule has 0 radical (unpaired) electrons. The molecule has 17 heavy (non-hydrogen) atoms. The van der Waals surface area contributed by atoms with Crippen LogP contribution in [0.5, 0.6) is 0 Å². The van der Waals surface area contributed by atoms with Crippen molar-refractivity contribution in [1.29, 1.82) is 0 Å². The molecular weight excluding hydrogens is 210 g/mol. The number of rotatable bonds is 5. The molecule has 1 aliphatic carbocycles. The van der Waals surface area contributed by atoms with Gasteiger partial charge < -0.3 is 5.73 Å². The Labute approximate surface area is 103 Å². The van der Waals surface area contributed by atoms with E-state index in [1.165, 1.54) is 5.56 Å². The number of hydrogen-bond acceptors (Lipinski definition) is 2. The summed E-state index contributed by atoms with van der Waals surface area (Å²) < 4.78 is 0. The van der Waals surface area contributed by atoms with Crippen LogP contribution in [0.1, 0.15) is 44.1 Å². The van der Waals surface area contributed by atoms with E-state index in [0.717, 1.165) is 38.5 Å². The first-order valence-corrected chi connectivity index (χ1v) is 6.57. The number of ketones is 1.